The van der Waals surface area contributed by atoms with Gasteiger partial charge in [-0.2, -0.15) is 0 Å². The molecule has 1 heterocycles. The highest BCUT2D eigenvalue weighted by Gasteiger charge is 2.49. The van der Waals surface area contributed by atoms with E-state index in [1.807, 2.05) is 36.4 Å². The van der Waals surface area contributed by atoms with E-state index < -0.39 is 5.41 Å². The van der Waals surface area contributed by atoms with Crippen molar-refractivity contribution in [2.75, 3.05) is 20.2 Å². The largest absolute Gasteiger partial charge is 0.504 e. The van der Waals surface area contributed by atoms with Crippen molar-refractivity contribution in [3.8, 4) is 11.5 Å². The van der Waals surface area contributed by atoms with Crippen molar-refractivity contribution in [2.45, 2.75) is 32.2 Å². The van der Waals surface area contributed by atoms with Crippen molar-refractivity contribution in [1.29, 1.82) is 0 Å². The number of aromatic hydroxyl groups is 1. The van der Waals surface area contributed by atoms with Crippen molar-refractivity contribution in [2.24, 2.45) is 11.1 Å². The molecule has 0 spiro atoms. The van der Waals surface area contributed by atoms with Crippen LogP contribution in [-0.2, 0) is 17.6 Å². The number of carbonyl (C=O) groups excluding carboxylic acids is 1. The lowest BCUT2D eigenvalue weighted by atomic mass is 9.73. The highest BCUT2D eigenvalue weighted by Crippen LogP contribution is 2.36. The van der Waals surface area contributed by atoms with Crippen LogP contribution in [0.5, 0.6) is 11.5 Å². The number of primary amides is 1. The molecular weight excluding hydrogens is 376 g/mol. The van der Waals surface area contributed by atoms with Gasteiger partial charge in [0.25, 0.3) is 0 Å². The van der Waals surface area contributed by atoms with E-state index in [9.17, 15) is 9.90 Å². The Hall–Kier alpha value is -2.24. The first-order valence-electron chi connectivity index (χ1n) is 9.47. The summed E-state index contributed by atoms with van der Waals surface area (Å²) in [6.45, 7) is 3.51. The molecule has 0 bridgehead atoms. The number of phenols is 1. The summed E-state index contributed by atoms with van der Waals surface area (Å²) in [5.74, 6) is 0.398. The summed E-state index contributed by atoms with van der Waals surface area (Å²) in [6.07, 6.45) is 2.46. The standard InChI is InChI=1S/C22H27ClN2O3/c1-15(3-4-16-7-10-19(26)20(11-16)28-2)25-13-22(14-25,21(24)27)12-17-5-8-18(23)9-6-17/h5-11,15,26H,3-4,12-14H2,1-2H3,(H2,24,27). The third-order valence-electron chi connectivity index (χ3n) is 5.71. The Labute approximate surface area is 171 Å². The molecule has 6 heteroatoms. The molecule has 1 unspecified atom stereocenters. The lowest BCUT2D eigenvalue weighted by Crippen LogP contribution is -2.65. The van der Waals surface area contributed by atoms with Gasteiger partial charge in [-0.15, -0.1) is 0 Å². The van der Waals surface area contributed by atoms with Crippen molar-refractivity contribution in [1.82, 2.24) is 4.90 Å². The molecule has 0 saturated carbocycles. The van der Waals surface area contributed by atoms with Crippen LogP contribution in [0.25, 0.3) is 0 Å². The summed E-state index contributed by atoms with van der Waals surface area (Å²) < 4.78 is 5.17. The van der Waals surface area contributed by atoms with Gasteiger partial charge in [0.2, 0.25) is 5.91 Å². The van der Waals surface area contributed by atoms with Crippen LogP contribution in [0.3, 0.4) is 0 Å². The zero-order valence-corrected chi connectivity index (χ0v) is 17.1. The van der Waals surface area contributed by atoms with Crippen LogP contribution in [0.2, 0.25) is 5.02 Å². The number of rotatable bonds is 8. The predicted octanol–water partition coefficient (Wildman–Crippen LogP) is 3.41. The van der Waals surface area contributed by atoms with Gasteiger partial charge in [-0.1, -0.05) is 29.8 Å². The smallest absolute Gasteiger partial charge is 0.226 e. The number of likely N-dealkylation sites (tertiary alicyclic amines) is 1. The van der Waals surface area contributed by atoms with Gasteiger partial charge in [0.05, 0.1) is 12.5 Å². The van der Waals surface area contributed by atoms with Crippen LogP contribution < -0.4 is 10.5 Å². The normalized spacial score (nSPS) is 17.0. The molecule has 0 radical (unpaired) electrons. The van der Waals surface area contributed by atoms with Gasteiger partial charge in [-0.05, 0) is 61.6 Å². The number of nitrogens with zero attached hydrogens (tertiary/aromatic N) is 1. The number of amides is 1. The molecule has 1 saturated heterocycles. The summed E-state index contributed by atoms with van der Waals surface area (Å²) in [5, 5.41) is 10.4. The average Bonchev–Trinajstić information content (AvgIpc) is 2.64. The Balaban J connectivity index is 1.57. The number of hydrogen-bond acceptors (Lipinski definition) is 4. The van der Waals surface area contributed by atoms with E-state index in [4.69, 9.17) is 22.1 Å². The summed E-state index contributed by atoms with van der Waals surface area (Å²) in [6, 6.07) is 13.4. The molecule has 1 atom stereocenters. The highest BCUT2D eigenvalue weighted by molar-refractivity contribution is 6.30. The second-order valence-electron chi connectivity index (χ2n) is 7.75. The van der Waals surface area contributed by atoms with Gasteiger partial charge < -0.3 is 15.6 Å². The number of halogens is 1. The molecule has 3 N–H and O–H groups in total. The Morgan fingerprint density at radius 1 is 1.25 bits per heavy atom. The topological polar surface area (TPSA) is 75.8 Å². The van der Waals surface area contributed by atoms with Crippen molar-refractivity contribution >= 4 is 17.5 Å². The minimum atomic E-state index is -0.510. The summed E-state index contributed by atoms with van der Waals surface area (Å²) in [5.41, 5.74) is 7.44. The van der Waals surface area contributed by atoms with E-state index in [-0.39, 0.29) is 11.7 Å². The van der Waals surface area contributed by atoms with Gasteiger partial charge in [0.1, 0.15) is 0 Å². The van der Waals surface area contributed by atoms with Crippen LogP contribution in [0.4, 0.5) is 0 Å². The molecule has 0 aromatic heterocycles. The minimum absolute atomic E-state index is 0.149. The maximum atomic E-state index is 12.2. The van der Waals surface area contributed by atoms with E-state index in [0.717, 1.165) is 24.0 Å². The molecule has 1 aliphatic rings. The number of methoxy groups -OCH3 is 1. The zero-order valence-electron chi connectivity index (χ0n) is 16.3. The van der Waals surface area contributed by atoms with Crippen LogP contribution in [0.1, 0.15) is 24.5 Å². The molecule has 28 heavy (non-hydrogen) atoms. The van der Waals surface area contributed by atoms with Crippen molar-refractivity contribution < 1.29 is 14.6 Å². The fraction of sp³-hybridized carbons (Fsp3) is 0.409. The molecule has 2 aromatic rings. The fourth-order valence-corrected chi connectivity index (χ4v) is 3.95. The highest BCUT2D eigenvalue weighted by atomic mass is 35.5. The minimum Gasteiger partial charge on any atom is -0.504 e. The predicted molar refractivity (Wildman–Crippen MR) is 111 cm³/mol. The number of hydrogen-bond donors (Lipinski definition) is 2. The number of benzene rings is 2. The van der Waals surface area contributed by atoms with E-state index in [1.165, 1.54) is 0 Å². The fourth-order valence-electron chi connectivity index (χ4n) is 3.83. The molecule has 1 fully saturated rings. The summed E-state index contributed by atoms with van der Waals surface area (Å²) in [7, 11) is 1.55. The van der Waals surface area contributed by atoms with Crippen LogP contribution >= 0.6 is 11.6 Å². The number of aryl methyl sites for hydroxylation is 1. The molecule has 1 amide bonds. The zero-order chi connectivity index (χ0) is 20.3. The number of nitrogens with two attached hydrogens (primary N) is 1. The van der Waals surface area contributed by atoms with Crippen molar-refractivity contribution in [3.63, 3.8) is 0 Å². The Kier molecular flexibility index (Phi) is 6.16. The first-order valence-corrected chi connectivity index (χ1v) is 9.85. The van der Waals surface area contributed by atoms with Gasteiger partial charge in [-0.25, -0.2) is 0 Å². The van der Waals surface area contributed by atoms with E-state index in [2.05, 4.69) is 11.8 Å². The molecule has 5 nitrogen and oxygen atoms in total. The van der Waals surface area contributed by atoms with E-state index in [0.29, 0.717) is 36.3 Å². The lowest BCUT2D eigenvalue weighted by Gasteiger charge is -2.51. The first kappa shape index (κ1) is 20.5. The number of carbonyl (C=O) groups is 1. The van der Waals surface area contributed by atoms with Crippen LogP contribution in [0, 0.1) is 5.41 Å². The number of ether oxygens (including phenoxy) is 1. The maximum absolute atomic E-state index is 12.2. The van der Waals surface area contributed by atoms with E-state index in [1.54, 1.807) is 13.2 Å². The number of phenolic OH excluding ortho intramolecular Hbond substituents is 1. The first-order chi connectivity index (χ1) is 13.3. The molecular formula is C22H27ClN2O3. The quantitative estimate of drug-likeness (QED) is 0.709. The Morgan fingerprint density at radius 3 is 2.50 bits per heavy atom. The van der Waals surface area contributed by atoms with Crippen LogP contribution in [0.15, 0.2) is 42.5 Å². The lowest BCUT2D eigenvalue weighted by molar-refractivity contribution is -0.140. The van der Waals surface area contributed by atoms with E-state index >= 15 is 0 Å². The van der Waals surface area contributed by atoms with Gasteiger partial charge in [0.15, 0.2) is 11.5 Å². The van der Waals surface area contributed by atoms with Gasteiger partial charge >= 0.3 is 0 Å². The molecule has 3 rings (SSSR count). The molecule has 150 valence electrons. The third-order valence-corrected chi connectivity index (χ3v) is 5.96. The Bertz CT molecular complexity index is 832. The molecule has 2 aromatic carbocycles. The maximum Gasteiger partial charge on any atom is 0.226 e. The van der Waals surface area contributed by atoms with Gasteiger partial charge in [-0.3, -0.25) is 9.69 Å². The van der Waals surface area contributed by atoms with Crippen LogP contribution in [-0.4, -0.2) is 42.2 Å². The van der Waals surface area contributed by atoms with Crippen molar-refractivity contribution in [3.05, 3.63) is 58.6 Å². The molecule has 1 aliphatic heterocycles. The SMILES string of the molecule is COc1cc(CCC(C)N2CC(Cc3ccc(Cl)cc3)(C(N)=O)C2)ccc1O. The average molecular weight is 403 g/mol. The molecule has 0 aliphatic carbocycles. The Morgan fingerprint density at radius 2 is 1.89 bits per heavy atom. The second kappa shape index (κ2) is 8.41. The monoisotopic (exact) mass is 402 g/mol. The summed E-state index contributed by atoms with van der Waals surface area (Å²) in [4.78, 5) is 14.5. The second-order valence-corrected chi connectivity index (χ2v) is 8.18. The third kappa shape index (κ3) is 4.42. The summed E-state index contributed by atoms with van der Waals surface area (Å²) >= 11 is 5.95. The van der Waals surface area contributed by atoms with Gasteiger partial charge in [0, 0.05) is 24.2 Å².